The van der Waals surface area contributed by atoms with Gasteiger partial charge in [0, 0.05) is 5.41 Å². The number of rotatable bonds is 4. The predicted octanol–water partition coefficient (Wildman–Crippen LogP) is 3.97. The number of aromatic hydroxyl groups is 1. The molecule has 0 amide bonds. The quantitative estimate of drug-likeness (QED) is 0.752. The molecule has 1 aromatic rings. The molecule has 0 aromatic heterocycles. The van der Waals surface area contributed by atoms with Crippen LogP contribution in [-0.2, 0) is 5.41 Å². The maximum Gasteiger partial charge on any atom is 0.115 e. The fourth-order valence-electron chi connectivity index (χ4n) is 1.70. The first-order valence-electron chi connectivity index (χ1n) is 5.27. The summed E-state index contributed by atoms with van der Waals surface area (Å²) in [4.78, 5) is 0. The molecule has 0 radical (unpaired) electrons. The van der Waals surface area contributed by atoms with Crippen LogP contribution in [0, 0.1) is 0 Å². The SMILES string of the molecule is C=CC=C(C=C)C(C)(C)c1ccc(O)cc1. The zero-order chi connectivity index (χ0) is 12.2. The van der Waals surface area contributed by atoms with E-state index >= 15 is 0 Å². The van der Waals surface area contributed by atoms with Gasteiger partial charge in [-0.15, -0.1) is 0 Å². The molecule has 1 N–H and O–H groups in total. The van der Waals surface area contributed by atoms with Crippen LogP contribution >= 0.6 is 0 Å². The maximum absolute atomic E-state index is 9.27. The highest BCUT2D eigenvalue weighted by molar-refractivity contribution is 5.42. The second-order valence-electron chi connectivity index (χ2n) is 4.23. The third kappa shape index (κ3) is 2.43. The van der Waals surface area contributed by atoms with Crippen molar-refractivity contribution in [1.82, 2.24) is 0 Å². The van der Waals surface area contributed by atoms with Crippen molar-refractivity contribution in [3.05, 3.63) is 66.8 Å². The van der Waals surface area contributed by atoms with E-state index in [9.17, 15) is 5.11 Å². The summed E-state index contributed by atoms with van der Waals surface area (Å²) in [6, 6.07) is 7.25. The van der Waals surface area contributed by atoms with Crippen LogP contribution in [0.1, 0.15) is 19.4 Å². The second-order valence-corrected chi connectivity index (χ2v) is 4.23. The molecule has 1 heteroatoms. The molecule has 16 heavy (non-hydrogen) atoms. The third-order valence-electron chi connectivity index (χ3n) is 2.83. The Labute approximate surface area is 97.4 Å². The van der Waals surface area contributed by atoms with Gasteiger partial charge in [-0.25, -0.2) is 0 Å². The van der Waals surface area contributed by atoms with E-state index < -0.39 is 0 Å². The molecule has 0 aliphatic carbocycles. The summed E-state index contributed by atoms with van der Waals surface area (Å²) in [7, 11) is 0. The van der Waals surface area contributed by atoms with Crippen molar-refractivity contribution in [2.45, 2.75) is 19.3 Å². The van der Waals surface area contributed by atoms with E-state index in [1.165, 1.54) is 0 Å². The van der Waals surface area contributed by atoms with Gasteiger partial charge in [-0.05, 0) is 23.3 Å². The van der Waals surface area contributed by atoms with Gasteiger partial charge in [0.15, 0.2) is 0 Å². The lowest BCUT2D eigenvalue weighted by molar-refractivity contribution is 0.474. The van der Waals surface area contributed by atoms with Crippen molar-refractivity contribution >= 4 is 0 Å². The monoisotopic (exact) mass is 214 g/mol. The summed E-state index contributed by atoms with van der Waals surface area (Å²) in [5.41, 5.74) is 2.11. The third-order valence-corrected chi connectivity index (χ3v) is 2.83. The fourth-order valence-corrected chi connectivity index (χ4v) is 1.70. The smallest absolute Gasteiger partial charge is 0.115 e. The van der Waals surface area contributed by atoms with E-state index in [4.69, 9.17) is 0 Å². The predicted molar refractivity (Wildman–Crippen MR) is 69.6 cm³/mol. The standard InChI is InChI=1S/C15H18O/c1-5-7-12(6-2)15(3,4)13-8-10-14(16)11-9-13/h5-11,16H,1-2H2,3-4H3. The van der Waals surface area contributed by atoms with Crippen molar-refractivity contribution < 1.29 is 5.11 Å². The van der Waals surface area contributed by atoms with Crippen LogP contribution in [0.5, 0.6) is 5.75 Å². The molecular formula is C15H18O. The molecular weight excluding hydrogens is 196 g/mol. The highest BCUT2D eigenvalue weighted by Crippen LogP contribution is 2.32. The van der Waals surface area contributed by atoms with Crippen LogP contribution in [0.3, 0.4) is 0 Å². The van der Waals surface area contributed by atoms with Crippen LogP contribution in [0.4, 0.5) is 0 Å². The van der Waals surface area contributed by atoms with E-state index in [0.717, 1.165) is 11.1 Å². The Bertz CT molecular complexity index is 408. The van der Waals surface area contributed by atoms with Gasteiger partial charge in [-0.2, -0.15) is 0 Å². The van der Waals surface area contributed by atoms with E-state index in [0.29, 0.717) is 0 Å². The molecule has 1 nitrogen and oxygen atoms in total. The summed E-state index contributed by atoms with van der Waals surface area (Å²) < 4.78 is 0. The largest absolute Gasteiger partial charge is 0.508 e. The highest BCUT2D eigenvalue weighted by Gasteiger charge is 2.23. The van der Waals surface area contributed by atoms with Crippen molar-refractivity contribution in [2.75, 3.05) is 0 Å². The summed E-state index contributed by atoms with van der Waals surface area (Å²) >= 11 is 0. The van der Waals surface area contributed by atoms with Gasteiger partial charge in [-0.1, -0.05) is 57.4 Å². The van der Waals surface area contributed by atoms with Crippen molar-refractivity contribution in [3.8, 4) is 5.75 Å². The van der Waals surface area contributed by atoms with Crippen LogP contribution in [-0.4, -0.2) is 5.11 Å². The Hall–Kier alpha value is -1.76. The van der Waals surface area contributed by atoms with Crippen molar-refractivity contribution in [2.24, 2.45) is 0 Å². The minimum atomic E-state index is -0.135. The first-order chi connectivity index (χ1) is 7.52. The van der Waals surface area contributed by atoms with Crippen molar-refractivity contribution in [1.29, 1.82) is 0 Å². The molecule has 0 atom stereocenters. The summed E-state index contributed by atoms with van der Waals surface area (Å²) in [5.74, 6) is 0.285. The Morgan fingerprint density at radius 1 is 1.19 bits per heavy atom. The number of hydrogen-bond donors (Lipinski definition) is 1. The molecule has 1 rings (SSSR count). The Morgan fingerprint density at radius 3 is 2.19 bits per heavy atom. The number of benzene rings is 1. The van der Waals surface area contributed by atoms with Crippen LogP contribution in [0.15, 0.2) is 61.2 Å². The molecule has 0 saturated heterocycles. The summed E-state index contributed by atoms with van der Waals surface area (Å²) in [6.45, 7) is 11.8. The normalized spacial score (nSPS) is 12.2. The van der Waals surface area contributed by atoms with Gasteiger partial charge in [-0.3, -0.25) is 0 Å². The molecule has 84 valence electrons. The van der Waals surface area contributed by atoms with Gasteiger partial charge in [0.25, 0.3) is 0 Å². The second kappa shape index (κ2) is 4.84. The first-order valence-corrected chi connectivity index (χ1v) is 5.27. The lowest BCUT2D eigenvalue weighted by Crippen LogP contribution is -2.19. The molecule has 1 aromatic carbocycles. The minimum Gasteiger partial charge on any atom is -0.508 e. The van der Waals surface area contributed by atoms with E-state index in [1.807, 2.05) is 24.3 Å². The number of allylic oxidation sites excluding steroid dienone is 4. The highest BCUT2D eigenvalue weighted by atomic mass is 16.3. The van der Waals surface area contributed by atoms with Gasteiger partial charge >= 0.3 is 0 Å². The summed E-state index contributed by atoms with van der Waals surface area (Å²) in [5, 5.41) is 9.27. The molecule has 0 bridgehead atoms. The summed E-state index contributed by atoms with van der Waals surface area (Å²) in [6.07, 6.45) is 5.56. The van der Waals surface area contributed by atoms with Crippen molar-refractivity contribution in [3.63, 3.8) is 0 Å². The topological polar surface area (TPSA) is 20.2 Å². The van der Waals surface area contributed by atoms with Gasteiger partial charge in [0.1, 0.15) is 5.75 Å². The van der Waals surface area contributed by atoms with E-state index in [-0.39, 0.29) is 11.2 Å². The average molecular weight is 214 g/mol. The Morgan fingerprint density at radius 2 is 1.75 bits per heavy atom. The molecule has 0 unspecified atom stereocenters. The molecule has 0 fully saturated rings. The Balaban J connectivity index is 3.18. The Kier molecular flexibility index (Phi) is 3.73. The van der Waals surface area contributed by atoms with Gasteiger partial charge < -0.3 is 5.11 Å². The van der Waals surface area contributed by atoms with Gasteiger partial charge in [0.2, 0.25) is 0 Å². The van der Waals surface area contributed by atoms with E-state index in [1.54, 1.807) is 18.2 Å². The molecule has 0 aliphatic rings. The molecule has 0 spiro atoms. The number of phenolic OH excluding ortho intramolecular Hbond substituents is 1. The fraction of sp³-hybridized carbons (Fsp3) is 0.200. The molecule has 0 aliphatic heterocycles. The van der Waals surface area contributed by atoms with Crippen LogP contribution in [0.25, 0.3) is 0 Å². The van der Waals surface area contributed by atoms with Crippen LogP contribution < -0.4 is 0 Å². The zero-order valence-corrected chi connectivity index (χ0v) is 9.90. The minimum absolute atomic E-state index is 0.135. The molecule has 0 saturated carbocycles. The van der Waals surface area contributed by atoms with E-state index in [2.05, 4.69) is 27.0 Å². The number of phenols is 1. The van der Waals surface area contributed by atoms with Crippen LogP contribution in [0.2, 0.25) is 0 Å². The van der Waals surface area contributed by atoms with Gasteiger partial charge in [0.05, 0.1) is 0 Å². The molecule has 0 heterocycles. The maximum atomic E-state index is 9.27. The lowest BCUT2D eigenvalue weighted by atomic mass is 9.77. The average Bonchev–Trinajstić information content (AvgIpc) is 2.26. The zero-order valence-electron chi connectivity index (χ0n) is 9.90. The lowest BCUT2D eigenvalue weighted by Gasteiger charge is -2.27. The first kappa shape index (κ1) is 12.3. The number of hydrogen-bond acceptors (Lipinski definition) is 1.